The van der Waals surface area contributed by atoms with Gasteiger partial charge in [0.15, 0.2) is 0 Å². The van der Waals surface area contributed by atoms with Crippen LogP contribution < -0.4 is 5.32 Å². The van der Waals surface area contributed by atoms with Crippen molar-refractivity contribution in [2.75, 3.05) is 13.1 Å². The second-order valence-electron chi connectivity index (χ2n) is 6.59. The first-order valence-electron chi connectivity index (χ1n) is 8.09. The number of piperidine rings is 1. The number of rotatable bonds is 3. The fourth-order valence-electron chi connectivity index (χ4n) is 3.42. The van der Waals surface area contributed by atoms with Crippen molar-refractivity contribution in [2.24, 2.45) is 11.8 Å². The summed E-state index contributed by atoms with van der Waals surface area (Å²) in [6.45, 7) is 0.689. The maximum absolute atomic E-state index is 12.4. The summed E-state index contributed by atoms with van der Waals surface area (Å²) in [6.07, 6.45) is -1.81. The van der Waals surface area contributed by atoms with E-state index in [2.05, 4.69) is 5.32 Å². The van der Waals surface area contributed by atoms with Gasteiger partial charge in [-0.05, 0) is 44.4 Å². The van der Waals surface area contributed by atoms with Gasteiger partial charge in [-0.2, -0.15) is 13.2 Å². The fourth-order valence-corrected chi connectivity index (χ4v) is 3.42. The molecule has 1 saturated carbocycles. The molecule has 1 heterocycles. The summed E-state index contributed by atoms with van der Waals surface area (Å²) in [5.74, 6) is -1.52. The van der Waals surface area contributed by atoms with Crippen LogP contribution >= 0.6 is 0 Å². The van der Waals surface area contributed by atoms with Crippen molar-refractivity contribution in [3.05, 3.63) is 0 Å². The van der Waals surface area contributed by atoms with Crippen LogP contribution in [0.3, 0.4) is 0 Å². The molecule has 0 radical (unpaired) electrons. The lowest BCUT2D eigenvalue weighted by Gasteiger charge is -2.34. The largest absolute Gasteiger partial charge is 0.481 e. The van der Waals surface area contributed by atoms with Crippen LogP contribution in [0.1, 0.15) is 44.9 Å². The summed E-state index contributed by atoms with van der Waals surface area (Å²) in [7, 11) is 0. The Hall–Kier alpha value is -1.47. The third-order valence-electron chi connectivity index (χ3n) is 4.83. The standard InChI is InChI=1S/C15H23F3N2O3/c16-15(17,18)9-10-5-7-20(8-6-10)14(23)19-12-3-1-11(2-4-12)13(21)22/h10-12H,1-9H2,(H,19,23)(H,21,22). The number of hydrogen-bond acceptors (Lipinski definition) is 2. The first-order valence-corrected chi connectivity index (χ1v) is 8.09. The molecule has 0 atom stereocenters. The van der Waals surface area contributed by atoms with E-state index >= 15 is 0 Å². The van der Waals surface area contributed by atoms with Crippen molar-refractivity contribution >= 4 is 12.0 Å². The Morgan fingerprint density at radius 1 is 1.04 bits per heavy atom. The van der Waals surface area contributed by atoms with Crippen LogP contribution in [0.25, 0.3) is 0 Å². The summed E-state index contributed by atoms with van der Waals surface area (Å²) in [5.41, 5.74) is 0. The molecule has 1 aliphatic carbocycles. The van der Waals surface area contributed by atoms with Gasteiger partial charge < -0.3 is 15.3 Å². The molecule has 1 saturated heterocycles. The van der Waals surface area contributed by atoms with E-state index in [1.807, 2.05) is 0 Å². The molecule has 2 rings (SSSR count). The normalized spacial score (nSPS) is 26.8. The van der Waals surface area contributed by atoms with Crippen molar-refractivity contribution < 1.29 is 27.9 Å². The first-order chi connectivity index (χ1) is 10.7. The van der Waals surface area contributed by atoms with Crippen LogP contribution in [0.5, 0.6) is 0 Å². The number of urea groups is 1. The molecule has 0 spiro atoms. The Balaban J connectivity index is 1.70. The zero-order valence-corrected chi connectivity index (χ0v) is 12.9. The van der Waals surface area contributed by atoms with Crippen molar-refractivity contribution in [3.8, 4) is 0 Å². The Morgan fingerprint density at radius 2 is 1.61 bits per heavy atom. The maximum Gasteiger partial charge on any atom is 0.389 e. The lowest BCUT2D eigenvalue weighted by molar-refractivity contribution is -0.147. The molecule has 0 aromatic rings. The molecule has 23 heavy (non-hydrogen) atoms. The Morgan fingerprint density at radius 3 is 2.09 bits per heavy atom. The molecule has 132 valence electrons. The second-order valence-corrected chi connectivity index (χ2v) is 6.59. The van der Waals surface area contributed by atoms with Gasteiger partial charge in [0.25, 0.3) is 0 Å². The highest BCUT2D eigenvalue weighted by molar-refractivity contribution is 5.74. The lowest BCUT2D eigenvalue weighted by atomic mass is 9.86. The van der Waals surface area contributed by atoms with Crippen molar-refractivity contribution in [2.45, 2.75) is 57.2 Å². The Kier molecular flexibility index (Phi) is 5.75. The van der Waals surface area contributed by atoms with Gasteiger partial charge in [-0.25, -0.2) is 4.79 Å². The molecule has 2 amide bonds. The van der Waals surface area contributed by atoms with Gasteiger partial charge in [-0.15, -0.1) is 0 Å². The number of hydrogen-bond donors (Lipinski definition) is 2. The summed E-state index contributed by atoms with van der Waals surface area (Å²) >= 11 is 0. The van der Waals surface area contributed by atoms with Gasteiger partial charge in [0.2, 0.25) is 0 Å². The number of likely N-dealkylation sites (tertiary alicyclic amines) is 1. The number of aliphatic carboxylic acids is 1. The Labute approximate surface area is 133 Å². The van der Waals surface area contributed by atoms with Crippen molar-refractivity contribution in [1.29, 1.82) is 0 Å². The summed E-state index contributed by atoms with van der Waals surface area (Å²) in [6, 6.07) is -0.278. The van der Waals surface area contributed by atoms with Crippen molar-refractivity contribution in [1.82, 2.24) is 10.2 Å². The van der Waals surface area contributed by atoms with Gasteiger partial charge in [0, 0.05) is 25.6 Å². The third kappa shape index (κ3) is 5.58. The highest BCUT2D eigenvalue weighted by atomic mass is 19.4. The topological polar surface area (TPSA) is 69.6 Å². The van der Waals surface area contributed by atoms with E-state index < -0.39 is 24.5 Å². The minimum atomic E-state index is -4.14. The number of carboxylic acid groups (broad SMARTS) is 1. The van der Waals surface area contributed by atoms with E-state index in [1.54, 1.807) is 4.90 Å². The summed E-state index contributed by atoms with van der Waals surface area (Å²) < 4.78 is 37.1. The number of carbonyl (C=O) groups excluding carboxylic acids is 1. The molecule has 2 aliphatic rings. The molecule has 0 bridgehead atoms. The van der Waals surface area contributed by atoms with Gasteiger partial charge in [-0.3, -0.25) is 4.79 Å². The quantitative estimate of drug-likeness (QED) is 0.832. The third-order valence-corrected chi connectivity index (χ3v) is 4.83. The van der Waals surface area contributed by atoms with Crippen LogP contribution in [0.2, 0.25) is 0 Å². The molecule has 0 aromatic heterocycles. The Bertz CT molecular complexity index is 426. The molecule has 2 fully saturated rings. The smallest absolute Gasteiger partial charge is 0.389 e. The molecule has 0 unspecified atom stereocenters. The monoisotopic (exact) mass is 336 g/mol. The van der Waals surface area contributed by atoms with Crippen LogP contribution in [-0.4, -0.2) is 47.3 Å². The van der Waals surface area contributed by atoms with E-state index in [0.29, 0.717) is 51.6 Å². The number of nitrogens with zero attached hydrogens (tertiary/aromatic N) is 1. The summed E-state index contributed by atoms with van der Waals surface area (Å²) in [4.78, 5) is 24.6. The number of carboxylic acids is 1. The van der Waals surface area contributed by atoms with E-state index in [9.17, 15) is 22.8 Å². The first kappa shape index (κ1) is 17.9. The van der Waals surface area contributed by atoms with E-state index in [1.165, 1.54) is 0 Å². The van der Waals surface area contributed by atoms with Gasteiger partial charge in [0.1, 0.15) is 0 Å². The molecular formula is C15H23F3N2O3. The zero-order valence-electron chi connectivity index (χ0n) is 12.9. The fraction of sp³-hybridized carbons (Fsp3) is 0.867. The van der Waals surface area contributed by atoms with Gasteiger partial charge in [-0.1, -0.05) is 0 Å². The molecule has 1 aliphatic heterocycles. The van der Waals surface area contributed by atoms with E-state index in [-0.39, 0.29) is 18.0 Å². The number of halogens is 3. The maximum atomic E-state index is 12.4. The predicted octanol–water partition coefficient (Wildman–Crippen LogP) is 3.00. The SMILES string of the molecule is O=C(O)C1CCC(NC(=O)N2CCC(CC(F)(F)F)CC2)CC1. The highest BCUT2D eigenvalue weighted by Crippen LogP contribution is 2.31. The van der Waals surface area contributed by atoms with E-state index in [4.69, 9.17) is 5.11 Å². The number of carbonyl (C=O) groups is 2. The van der Waals surface area contributed by atoms with Gasteiger partial charge in [0.05, 0.1) is 5.92 Å². The second kappa shape index (κ2) is 7.40. The molecular weight excluding hydrogens is 313 g/mol. The number of amides is 2. The average Bonchev–Trinajstić information content (AvgIpc) is 2.46. The minimum Gasteiger partial charge on any atom is -0.481 e. The van der Waals surface area contributed by atoms with Crippen molar-refractivity contribution in [3.63, 3.8) is 0 Å². The molecule has 8 heteroatoms. The van der Waals surface area contributed by atoms with Gasteiger partial charge >= 0.3 is 18.2 Å². The average molecular weight is 336 g/mol. The highest BCUT2D eigenvalue weighted by Gasteiger charge is 2.34. The molecule has 0 aromatic carbocycles. The minimum absolute atomic E-state index is 0.0361. The number of nitrogens with one attached hydrogen (secondary N) is 1. The van der Waals surface area contributed by atoms with Crippen LogP contribution in [0.4, 0.5) is 18.0 Å². The van der Waals surface area contributed by atoms with Crippen LogP contribution in [0, 0.1) is 11.8 Å². The molecule has 5 nitrogen and oxygen atoms in total. The van der Waals surface area contributed by atoms with E-state index in [0.717, 1.165) is 0 Å². The number of alkyl halides is 3. The van der Waals surface area contributed by atoms with Crippen LogP contribution in [-0.2, 0) is 4.79 Å². The summed E-state index contributed by atoms with van der Waals surface area (Å²) in [5, 5.41) is 11.8. The molecule has 2 N–H and O–H groups in total. The predicted molar refractivity (Wildman–Crippen MR) is 76.9 cm³/mol. The lowest BCUT2D eigenvalue weighted by Crippen LogP contribution is -2.49. The van der Waals surface area contributed by atoms with Crippen LogP contribution in [0.15, 0.2) is 0 Å². The zero-order chi connectivity index (χ0) is 17.0.